The molecule has 0 spiro atoms. The van der Waals surface area contributed by atoms with Crippen LogP contribution in [0.4, 0.5) is 4.39 Å². The van der Waals surface area contributed by atoms with Crippen LogP contribution < -0.4 is 14.2 Å². The van der Waals surface area contributed by atoms with Crippen LogP contribution in [0.2, 0.25) is 0 Å². The first-order chi connectivity index (χ1) is 48.3. The number of carboxylic acids is 3. The summed E-state index contributed by atoms with van der Waals surface area (Å²) in [5.74, 6) is 1.58. The lowest BCUT2D eigenvalue weighted by molar-refractivity contribution is -0.132. The van der Waals surface area contributed by atoms with E-state index < -0.39 is 17.9 Å². The Morgan fingerprint density at radius 1 is 0.480 bits per heavy atom. The number of nitrogens with zero attached hydrogens (tertiary/aromatic N) is 2. The number of ether oxygens (including phenoxy) is 3. The van der Waals surface area contributed by atoms with Crippen LogP contribution in [0.25, 0.3) is 79.8 Å². The maximum Gasteiger partial charge on any atom is 0.328 e. The fraction of sp³-hybridized carbons (Fsp3) is 0.136. The van der Waals surface area contributed by atoms with Gasteiger partial charge in [0.25, 0.3) is 0 Å². The van der Waals surface area contributed by atoms with Crippen LogP contribution in [0, 0.1) is 5.82 Å². The fourth-order valence-electron chi connectivity index (χ4n) is 11.5. The number of hydrogen-bond acceptors (Lipinski definition) is 14. The Kier molecular flexibility index (Phi) is 21.3. The average Bonchev–Trinajstić information content (AvgIpc) is 1.63. The molecule has 19 heteroatoms. The summed E-state index contributed by atoms with van der Waals surface area (Å²) in [7, 11) is 0. The highest BCUT2D eigenvalue weighted by Crippen LogP contribution is 2.51. The van der Waals surface area contributed by atoms with E-state index in [1.165, 1.54) is 53.2 Å². The van der Waals surface area contributed by atoms with Crippen molar-refractivity contribution >= 4 is 106 Å². The minimum Gasteiger partial charge on any atom is -0.508 e. The smallest absolute Gasteiger partial charge is 0.328 e. The van der Waals surface area contributed by atoms with Gasteiger partial charge in [-0.3, -0.25) is 9.69 Å². The zero-order valence-corrected chi connectivity index (χ0v) is 56.7. The van der Waals surface area contributed by atoms with E-state index in [-0.39, 0.29) is 29.0 Å². The van der Waals surface area contributed by atoms with Gasteiger partial charge in [-0.2, -0.15) is 0 Å². The number of rotatable bonds is 20. The van der Waals surface area contributed by atoms with Crippen molar-refractivity contribution < 1.29 is 68.4 Å². The lowest BCUT2D eigenvalue weighted by atomic mass is 10.00. The molecule has 504 valence electrons. The Balaban J connectivity index is 0.000000143. The Morgan fingerprint density at radius 2 is 0.930 bits per heavy atom. The highest BCUT2D eigenvalue weighted by atomic mass is 32.1. The molecular formula is C81H67FN2O13S3. The van der Waals surface area contributed by atoms with Crippen molar-refractivity contribution in [3.8, 4) is 83.1 Å². The number of aromatic hydroxyl groups is 3. The number of phenols is 3. The zero-order chi connectivity index (χ0) is 70.0. The number of aliphatic carboxylic acids is 3. The van der Waals surface area contributed by atoms with Crippen molar-refractivity contribution in [2.75, 3.05) is 19.6 Å². The monoisotopic (exact) mass is 1390 g/mol. The number of likely N-dealkylation sites (tertiary alicyclic amines) is 2. The van der Waals surface area contributed by atoms with Crippen molar-refractivity contribution in [2.24, 2.45) is 0 Å². The lowest BCUT2D eigenvalue weighted by Gasteiger charge is -2.31. The molecule has 100 heavy (non-hydrogen) atoms. The minimum atomic E-state index is -1.03. The zero-order valence-electron chi connectivity index (χ0n) is 54.2. The third kappa shape index (κ3) is 16.8. The number of carbonyl (C=O) groups is 4. The molecule has 14 rings (SSSR count). The molecular weight excluding hydrogens is 1320 g/mol. The van der Waals surface area contributed by atoms with E-state index in [9.17, 15) is 38.9 Å². The second-order valence-electron chi connectivity index (χ2n) is 24.1. The van der Waals surface area contributed by atoms with E-state index in [4.69, 9.17) is 29.5 Å². The Bertz CT molecular complexity index is 5110. The van der Waals surface area contributed by atoms with Crippen molar-refractivity contribution in [1.29, 1.82) is 0 Å². The SMILES string of the molecule is CC(C)c1cccc(-c2sc3cc(O)ccc3c2Oc2ccc(/C=C/C(=O)O)cc2)c1.O=C(O)/C=C/c1ccc(Oc2c(-c3ccc(F)cc3CN3CCCC3=O)sc3cc(O)ccc23)cc1.O=C(O)/C=C/c1ccc(Oc2c(-c3ccccc3CN3CCC3)sc3cc(O)ccc23)cc1. The molecule has 5 heterocycles. The largest absolute Gasteiger partial charge is 0.508 e. The van der Waals surface area contributed by atoms with Crippen molar-refractivity contribution in [1.82, 2.24) is 9.80 Å². The van der Waals surface area contributed by atoms with Crippen molar-refractivity contribution in [2.45, 2.75) is 52.1 Å². The molecule has 2 aliphatic heterocycles. The Hall–Kier alpha value is -11.4. The quantitative estimate of drug-likeness (QED) is 0.0391. The first kappa shape index (κ1) is 68.6. The van der Waals surface area contributed by atoms with Gasteiger partial charge in [0.2, 0.25) is 5.91 Å². The molecule has 2 aliphatic rings. The van der Waals surface area contributed by atoms with Crippen LogP contribution >= 0.6 is 34.0 Å². The molecule has 0 radical (unpaired) electrons. The number of amides is 1. The third-order valence-electron chi connectivity index (χ3n) is 16.7. The standard InChI is InChI=1S/C28H22FNO5S.C27H23NO4S.C26H22O4S/c29-19-6-10-22(18(14-19)16-30-13-1-2-25(30)32)28-27(23-11-7-20(31)15-24(23)36-28)35-21-8-3-17(4-9-21)5-12-26(33)34;29-20-9-12-23-24(16-20)33-27(22-5-2-1-4-19(22)17-28-14-3-15-28)26(23)32-21-10-6-18(7-11-21)8-13-25(30)31;1-16(2)18-4-3-5-19(14-18)26-25(22-12-9-20(27)15-23(22)31-26)30-21-10-6-17(7-11-21)8-13-24(28)29/h3-12,14-15,31H,1-2,13,16H2,(H,33,34);1-2,4-13,16,29H,3,14-15,17H2,(H,30,31);3-16,27H,1-2H3,(H,28,29)/b12-5+;2*13-8+. The molecule has 0 aliphatic carbocycles. The predicted molar refractivity (Wildman–Crippen MR) is 395 cm³/mol. The van der Waals surface area contributed by atoms with Crippen molar-refractivity contribution in [3.63, 3.8) is 0 Å². The molecule has 15 nitrogen and oxygen atoms in total. The molecule has 1 amide bonds. The molecule has 6 N–H and O–H groups in total. The summed E-state index contributed by atoms with van der Waals surface area (Å²) >= 11 is 4.61. The maximum absolute atomic E-state index is 14.3. The topological polar surface area (TPSA) is 224 Å². The van der Waals surface area contributed by atoms with Crippen LogP contribution in [-0.2, 0) is 32.3 Å². The number of hydrogen-bond donors (Lipinski definition) is 6. The van der Waals surface area contributed by atoms with Gasteiger partial charge in [0.05, 0.1) is 14.6 Å². The average molecular weight is 1390 g/mol. The summed E-state index contributed by atoms with van der Waals surface area (Å²) in [6.45, 7) is 8.43. The maximum atomic E-state index is 14.3. The predicted octanol–water partition coefficient (Wildman–Crippen LogP) is 20.1. The number of fused-ring (bicyclic) bond motifs is 3. The van der Waals surface area contributed by atoms with E-state index in [2.05, 4.69) is 61.2 Å². The summed E-state index contributed by atoms with van der Waals surface area (Å²) < 4.78 is 36.1. The van der Waals surface area contributed by atoms with E-state index in [1.807, 2.05) is 66.7 Å². The summed E-state index contributed by atoms with van der Waals surface area (Å²) in [4.78, 5) is 51.4. The fourth-order valence-corrected chi connectivity index (χ4v) is 15.1. The Labute approximate surface area is 587 Å². The van der Waals surface area contributed by atoms with Crippen LogP contribution in [0.3, 0.4) is 0 Å². The second kappa shape index (κ2) is 31.0. The Morgan fingerprint density at radius 3 is 1.36 bits per heavy atom. The van der Waals surface area contributed by atoms with Gasteiger partial charge in [-0.1, -0.05) is 98.8 Å². The van der Waals surface area contributed by atoms with Gasteiger partial charge in [-0.25, -0.2) is 18.8 Å². The number of carboxylic acid groups (broad SMARTS) is 3. The van der Waals surface area contributed by atoms with Gasteiger partial charge in [0.1, 0.15) is 40.3 Å². The third-order valence-corrected chi connectivity index (χ3v) is 20.2. The van der Waals surface area contributed by atoms with E-state index in [0.29, 0.717) is 59.6 Å². The highest BCUT2D eigenvalue weighted by molar-refractivity contribution is 7.23. The van der Waals surface area contributed by atoms with E-state index in [0.717, 1.165) is 128 Å². The van der Waals surface area contributed by atoms with E-state index >= 15 is 0 Å². The van der Waals surface area contributed by atoms with Gasteiger partial charge in [-0.15, -0.1) is 34.0 Å². The molecule has 0 unspecified atom stereocenters. The number of thiophene rings is 3. The van der Waals surface area contributed by atoms with Crippen LogP contribution in [-0.4, -0.2) is 83.9 Å². The van der Waals surface area contributed by atoms with Crippen LogP contribution in [0.5, 0.6) is 51.7 Å². The van der Waals surface area contributed by atoms with Gasteiger partial charge in [0, 0.05) is 80.1 Å². The molecule has 0 saturated carbocycles. The van der Waals surface area contributed by atoms with Gasteiger partial charge >= 0.3 is 17.9 Å². The summed E-state index contributed by atoms with van der Waals surface area (Å²) in [6.07, 6.45) is 10.4. The molecule has 2 saturated heterocycles. The van der Waals surface area contributed by atoms with E-state index in [1.54, 1.807) is 106 Å². The normalized spacial score (nSPS) is 13.1. The number of halogens is 1. The van der Waals surface area contributed by atoms with Gasteiger partial charge in [-0.05, 0) is 204 Å². The van der Waals surface area contributed by atoms with Crippen LogP contribution in [0.15, 0.2) is 212 Å². The first-order valence-corrected chi connectivity index (χ1v) is 34.6. The summed E-state index contributed by atoms with van der Waals surface area (Å²) in [6, 6.07) is 58.6. The first-order valence-electron chi connectivity index (χ1n) is 32.2. The highest BCUT2D eigenvalue weighted by Gasteiger charge is 2.26. The van der Waals surface area contributed by atoms with Crippen LogP contribution in [0.1, 0.15) is 72.4 Å². The molecule has 0 atom stereocenters. The second-order valence-corrected chi connectivity index (χ2v) is 27.3. The summed E-state index contributed by atoms with van der Waals surface area (Å²) in [5, 5.41) is 59.1. The number of phenolic OH excluding ortho intramolecular Hbond substituents is 3. The number of benzene rings is 9. The summed E-state index contributed by atoms with van der Waals surface area (Å²) in [5.41, 5.74) is 8.42. The molecule has 9 aromatic carbocycles. The van der Waals surface area contributed by atoms with Gasteiger partial charge in [0.15, 0.2) is 17.2 Å². The minimum absolute atomic E-state index is 0.0555. The number of carbonyl (C=O) groups excluding carboxylic acids is 1. The molecule has 3 aromatic heterocycles. The van der Waals surface area contributed by atoms with Crippen molar-refractivity contribution in [3.05, 3.63) is 252 Å². The molecule has 2 fully saturated rings. The molecule has 0 bridgehead atoms. The lowest BCUT2D eigenvalue weighted by Crippen LogP contribution is -2.36. The van der Waals surface area contributed by atoms with Gasteiger partial charge < -0.3 is 49.7 Å². The molecule has 12 aromatic rings.